The number of rotatable bonds is 3. The molecule has 8 heteroatoms. The summed E-state index contributed by atoms with van der Waals surface area (Å²) in [5, 5.41) is 18.0. The molecule has 0 aliphatic carbocycles. The lowest BCUT2D eigenvalue weighted by Gasteiger charge is -2.26. The molecule has 3 amide bonds. The molecule has 0 spiro atoms. The molecule has 0 fully saturated rings. The number of hydrogen-bond acceptors (Lipinski definition) is 5. The average molecular weight is 440 g/mol. The maximum Gasteiger partial charge on any atom is 0.255 e. The van der Waals surface area contributed by atoms with Gasteiger partial charge in [-0.3, -0.25) is 14.4 Å². The van der Waals surface area contributed by atoms with Crippen LogP contribution in [0.15, 0.2) is 48.5 Å². The number of hydrogen-bond donors (Lipinski definition) is 4. The number of benzene rings is 2. The lowest BCUT2D eigenvalue weighted by molar-refractivity contribution is -0.131. The number of amides is 3. The lowest BCUT2D eigenvalue weighted by atomic mass is 10.0. The number of phenolic OH excluding ortho intramolecular Hbond substituents is 1. The highest BCUT2D eigenvalue weighted by atomic mass is 16.5. The van der Waals surface area contributed by atoms with Crippen molar-refractivity contribution >= 4 is 17.7 Å². The lowest BCUT2D eigenvalue weighted by Crippen LogP contribution is -2.56. The van der Waals surface area contributed by atoms with Crippen LogP contribution in [0.25, 0.3) is 0 Å². The van der Waals surface area contributed by atoms with E-state index in [1.807, 2.05) is 13.8 Å². The Labute approximate surface area is 187 Å². The van der Waals surface area contributed by atoms with Crippen LogP contribution in [0, 0.1) is 5.92 Å². The van der Waals surface area contributed by atoms with Crippen LogP contribution in [0.3, 0.4) is 0 Å². The van der Waals surface area contributed by atoms with Gasteiger partial charge in [-0.25, -0.2) is 0 Å². The highest BCUT2D eigenvalue weighted by Gasteiger charge is 2.29. The molecule has 2 atom stereocenters. The van der Waals surface area contributed by atoms with E-state index >= 15 is 0 Å². The fourth-order valence-corrected chi connectivity index (χ4v) is 3.46. The van der Waals surface area contributed by atoms with E-state index in [-0.39, 0.29) is 24.0 Å². The summed E-state index contributed by atoms with van der Waals surface area (Å²) in [6.45, 7) is 4.42. The Morgan fingerprint density at radius 2 is 1.72 bits per heavy atom. The second-order valence-electron chi connectivity index (χ2n) is 8.12. The third-order valence-corrected chi connectivity index (χ3v) is 5.25. The van der Waals surface area contributed by atoms with Crippen LogP contribution in [-0.2, 0) is 16.0 Å². The van der Waals surface area contributed by atoms with Crippen molar-refractivity contribution < 1.29 is 24.2 Å². The van der Waals surface area contributed by atoms with Gasteiger partial charge in [0.25, 0.3) is 5.91 Å². The standard InChI is InChI=1S/C24H29N3O5/c1-15(2)21-24(31)25-12-5-13-32-20-7-4-3-6-18(20)22(29)26-19(23(30)27-21)14-16-8-10-17(28)11-9-16/h3-4,6-11,15,19,21,28H,5,12-14H2,1-2H3,(H,25,31)(H,26,29)(H,27,30)/t19-,21+/m0/s1. The van der Waals surface area contributed by atoms with Gasteiger partial charge in [-0.15, -0.1) is 0 Å². The number of aromatic hydroxyl groups is 1. The zero-order valence-electron chi connectivity index (χ0n) is 18.3. The van der Waals surface area contributed by atoms with Gasteiger partial charge in [0.2, 0.25) is 11.8 Å². The normalized spacial score (nSPS) is 20.3. The minimum absolute atomic E-state index is 0.107. The smallest absolute Gasteiger partial charge is 0.255 e. The molecule has 3 rings (SSSR count). The summed E-state index contributed by atoms with van der Waals surface area (Å²) in [5.74, 6) is -0.805. The molecule has 170 valence electrons. The van der Waals surface area contributed by atoms with Crippen molar-refractivity contribution in [1.82, 2.24) is 16.0 Å². The first-order chi connectivity index (χ1) is 15.3. The molecule has 0 saturated carbocycles. The molecule has 1 aliphatic rings. The molecule has 0 saturated heterocycles. The highest BCUT2D eigenvalue weighted by molar-refractivity contribution is 6.00. The van der Waals surface area contributed by atoms with Crippen molar-refractivity contribution in [2.75, 3.05) is 13.2 Å². The van der Waals surface area contributed by atoms with Crippen molar-refractivity contribution in [3.05, 3.63) is 59.7 Å². The molecule has 0 radical (unpaired) electrons. The van der Waals surface area contributed by atoms with E-state index in [1.165, 1.54) is 12.1 Å². The Morgan fingerprint density at radius 1 is 1.00 bits per heavy atom. The van der Waals surface area contributed by atoms with Crippen molar-refractivity contribution in [3.8, 4) is 11.5 Å². The fourth-order valence-electron chi connectivity index (χ4n) is 3.46. The second kappa shape index (κ2) is 10.7. The summed E-state index contributed by atoms with van der Waals surface area (Å²) in [6.07, 6.45) is 0.747. The molecule has 0 aromatic heterocycles. The van der Waals surface area contributed by atoms with Gasteiger partial charge < -0.3 is 25.8 Å². The molecule has 0 unspecified atom stereocenters. The minimum Gasteiger partial charge on any atom is -0.508 e. The van der Waals surface area contributed by atoms with E-state index in [2.05, 4.69) is 16.0 Å². The van der Waals surface area contributed by atoms with Crippen LogP contribution in [0.1, 0.15) is 36.2 Å². The van der Waals surface area contributed by atoms with Gasteiger partial charge in [-0.2, -0.15) is 0 Å². The zero-order valence-corrected chi connectivity index (χ0v) is 18.3. The Kier molecular flexibility index (Phi) is 7.70. The van der Waals surface area contributed by atoms with Crippen molar-refractivity contribution in [1.29, 1.82) is 0 Å². The number of fused-ring (bicyclic) bond motifs is 1. The number of nitrogens with one attached hydrogen (secondary N) is 3. The molecule has 2 aromatic rings. The maximum atomic E-state index is 13.2. The molecule has 1 aliphatic heterocycles. The predicted octanol–water partition coefficient (Wildman–Crippen LogP) is 1.77. The van der Waals surface area contributed by atoms with Gasteiger partial charge >= 0.3 is 0 Å². The fraction of sp³-hybridized carbons (Fsp3) is 0.375. The Bertz CT molecular complexity index is 958. The van der Waals surface area contributed by atoms with Crippen LogP contribution in [-0.4, -0.2) is 48.1 Å². The maximum absolute atomic E-state index is 13.2. The van der Waals surface area contributed by atoms with Crippen LogP contribution in [0.4, 0.5) is 0 Å². The van der Waals surface area contributed by atoms with Gasteiger partial charge in [-0.1, -0.05) is 38.1 Å². The molecule has 1 heterocycles. The van der Waals surface area contributed by atoms with E-state index < -0.39 is 23.9 Å². The van der Waals surface area contributed by atoms with Gasteiger partial charge in [0.05, 0.1) is 12.2 Å². The number of carbonyl (C=O) groups excluding carboxylic acids is 3. The van der Waals surface area contributed by atoms with Crippen molar-refractivity contribution in [3.63, 3.8) is 0 Å². The number of phenols is 1. The summed E-state index contributed by atoms with van der Waals surface area (Å²) in [7, 11) is 0. The number of ether oxygens (including phenoxy) is 1. The number of carbonyl (C=O) groups is 3. The Morgan fingerprint density at radius 3 is 2.44 bits per heavy atom. The van der Waals surface area contributed by atoms with E-state index in [9.17, 15) is 19.5 Å². The molecular weight excluding hydrogens is 410 g/mol. The van der Waals surface area contributed by atoms with Crippen LogP contribution < -0.4 is 20.7 Å². The molecule has 0 bridgehead atoms. The largest absolute Gasteiger partial charge is 0.508 e. The summed E-state index contributed by atoms with van der Waals surface area (Å²) < 4.78 is 5.77. The third-order valence-electron chi connectivity index (χ3n) is 5.25. The van der Waals surface area contributed by atoms with Crippen LogP contribution in [0.2, 0.25) is 0 Å². The first-order valence-electron chi connectivity index (χ1n) is 10.7. The van der Waals surface area contributed by atoms with E-state index in [0.29, 0.717) is 30.9 Å². The van der Waals surface area contributed by atoms with E-state index in [0.717, 1.165) is 5.56 Å². The molecule has 2 aromatic carbocycles. The summed E-state index contributed by atoms with van der Waals surface area (Å²) >= 11 is 0. The topological polar surface area (TPSA) is 117 Å². The van der Waals surface area contributed by atoms with Crippen LogP contribution in [0.5, 0.6) is 11.5 Å². The molecule has 32 heavy (non-hydrogen) atoms. The summed E-state index contributed by atoms with van der Waals surface area (Å²) in [6, 6.07) is 11.6. The second-order valence-corrected chi connectivity index (χ2v) is 8.12. The van der Waals surface area contributed by atoms with Crippen molar-refractivity contribution in [2.45, 2.75) is 38.8 Å². The first-order valence-corrected chi connectivity index (χ1v) is 10.7. The highest BCUT2D eigenvalue weighted by Crippen LogP contribution is 2.19. The molecule has 8 nitrogen and oxygen atoms in total. The summed E-state index contributed by atoms with van der Waals surface area (Å²) in [4.78, 5) is 38.9. The number of para-hydroxylation sites is 1. The Balaban J connectivity index is 1.92. The zero-order chi connectivity index (χ0) is 23.1. The van der Waals surface area contributed by atoms with Crippen molar-refractivity contribution in [2.24, 2.45) is 5.92 Å². The third kappa shape index (κ3) is 6.00. The van der Waals surface area contributed by atoms with Crippen LogP contribution >= 0.6 is 0 Å². The molecular formula is C24H29N3O5. The predicted molar refractivity (Wildman–Crippen MR) is 119 cm³/mol. The summed E-state index contributed by atoms with van der Waals surface area (Å²) in [5.41, 5.74) is 1.08. The Hall–Kier alpha value is -3.55. The van der Waals surface area contributed by atoms with Gasteiger partial charge in [0.1, 0.15) is 23.6 Å². The minimum atomic E-state index is -0.933. The van der Waals surface area contributed by atoms with Gasteiger partial charge in [-0.05, 0) is 42.2 Å². The van der Waals surface area contributed by atoms with Gasteiger partial charge in [0.15, 0.2) is 0 Å². The average Bonchev–Trinajstić information content (AvgIpc) is 2.77. The first kappa shape index (κ1) is 23.1. The molecule has 4 N–H and O–H groups in total. The SMILES string of the molecule is CC(C)[C@H]1NC(=O)[C@H](Cc2ccc(O)cc2)NC(=O)c2ccccc2OCCCNC1=O. The van der Waals surface area contributed by atoms with E-state index in [4.69, 9.17) is 4.74 Å². The van der Waals surface area contributed by atoms with E-state index in [1.54, 1.807) is 36.4 Å². The monoisotopic (exact) mass is 439 g/mol. The quantitative estimate of drug-likeness (QED) is 0.582. The van der Waals surface area contributed by atoms with Gasteiger partial charge in [0, 0.05) is 13.0 Å².